The summed E-state index contributed by atoms with van der Waals surface area (Å²) in [7, 11) is 1.78. The fourth-order valence-electron chi connectivity index (χ4n) is 11.2. The maximum atomic E-state index is 11.8. The predicted molar refractivity (Wildman–Crippen MR) is 187 cm³/mol. The van der Waals surface area contributed by atoms with Crippen LogP contribution >= 0.6 is 0 Å². The summed E-state index contributed by atoms with van der Waals surface area (Å²) in [5.74, 6) is -2.36. The molecule has 0 saturated carbocycles. The molecule has 19 atom stereocenters. The summed E-state index contributed by atoms with van der Waals surface area (Å²) < 4.78 is 47.2. The minimum Gasteiger partial charge on any atom is -0.481 e. The van der Waals surface area contributed by atoms with Gasteiger partial charge in [0.15, 0.2) is 11.6 Å². The first-order valence-corrected chi connectivity index (χ1v) is 19.8. The average molecular weight is 709 g/mol. The van der Waals surface area contributed by atoms with Gasteiger partial charge < -0.3 is 43.4 Å². The summed E-state index contributed by atoms with van der Waals surface area (Å²) in [6, 6.07) is 0. The van der Waals surface area contributed by atoms with Gasteiger partial charge in [0.1, 0.15) is 0 Å². The lowest BCUT2D eigenvalue weighted by Gasteiger charge is -2.50. The zero-order chi connectivity index (χ0) is 36.6. The second-order valence-corrected chi connectivity index (χ2v) is 18.4. The van der Waals surface area contributed by atoms with Crippen molar-refractivity contribution in [2.45, 2.75) is 199 Å². The van der Waals surface area contributed by atoms with Crippen LogP contribution in [0.3, 0.4) is 0 Å². The van der Waals surface area contributed by atoms with Gasteiger partial charge in [0.05, 0.1) is 66.0 Å². The summed E-state index contributed by atoms with van der Waals surface area (Å²) in [5.41, 5.74) is -1.02. The van der Waals surface area contributed by atoms with Crippen LogP contribution < -0.4 is 0 Å². The van der Waals surface area contributed by atoms with Crippen molar-refractivity contribution in [1.29, 1.82) is 0 Å². The largest absolute Gasteiger partial charge is 0.481 e. The van der Waals surface area contributed by atoms with Gasteiger partial charge >= 0.3 is 5.97 Å². The molecule has 10 nitrogen and oxygen atoms in total. The van der Waals surface area contributed by atoms with Crippen LogP contribution in [0.2, 0.25) is 0 Å². The lowest BCUT2D eigenvalue weighted by Crippen LogP contribution is -2.58. The molecule has 288 valence electrons. The van der Waals surface area contributed by atoms with E-state index in [-0.39, 0.29) is 72.5 Å². The number of hydrogen-bond donors (Lipinski definition) is 2. The van der Waals surface area contributed by atoms with Crippen LogP contribution in [0.5, 0.6) is 0 Å². The van der Waals surface area contributed by atoms with Crippen molar-refractivity contribution in [3.05, 3.63) is 0 Å². The molecule has 6 aliphatic heterocycles. The molecule has 50 heavy (non-hydrogen) atoms. The number of carbonyl (C=O) groups is 1. The van der Waals surface area contributed by atoms with Gasteiger partial charge in [-0.3, -0.25) is 4.79 Å². The summed E-state index contributed by atoms with van der Waals surface area (Å²) >= 11 is 0. The molecule has 0 radical (unpaired) electrons. The van der Waals surface area contributed by atoms with E-state index in [1.54, 1.807) is 21.0 Å². The Kier molecular flexibility index (Phi) is 11.0. The maximum Gasteiger partial charge on any atom is 0.308 e. The lowest BCUT2D eigenvalue weighted by molar-refractivity contribution is -0.352. The molecule has 0 aromatic rings. The van der Waals surface area contributed by atoms with E-state index in [0.29, 0.717) is 18.3 Å². The van der Waals surface area contributed by atoms with E-state index in [1.807, 2.05) is 0 Å². The van der Waals surface area contributed by atoms with Gasteiger partial charge in [-0.2, -0.15) is 0 Å². The molecule has 6 fully saturated rings. The Morgan fingerprint density at radius 3 is 2.24 bits per heavy atom. The Morgan fingerprint density at radius 2 is 1.56 bits per heavy atom. The second kappa shape index (κ2) is 14.1. The predicted octanol–water partition coefficient (Wildman–Crippen LogP) is 6.73. The van der Waals surface area contributed by atoms with E-state index >= 15 is 0 Å². The van der Waals surface area contributed by atoms with E-state index in [9.17, 15) is 15.0 Å². The Labute approximate surface area is 300 Å². The van der Waals surface area contributed by atoms with E-state index in [2.05, 4.69) is 55.4 Å². The minimum absolute atomic E-state index is 0.0109. The van der Waals surface area contributed by atoms with Crippen molar-refractivity contribution in [2.75, 3.05) is 7.11 Å². The number of carboxylic acids is 1. The lowest BCUT2D eigenvalue weighted by atomic mass is 9.78. The molecule has 0 aliphatic carbocycles. The van der Waals surface area contributed by atoms with Crippen LogP contribution in [0.25, 0.3) is 0 Å². The zero-order valence-electron chi connectivity index (χ0n) is 32.7. The Morgan fingerprint density at radius 1 is 0.840 bits per heavy atom. The number of rotatable bonds is 8. The van der Waals surface area contributed by atoms with Crippen LogP contribution in [0.1, 0.15) is 127 Å². The first-order valence-electron chi connectivity index (χ1n) is 19.8. The van der Waals surface area contributed by atoms with Crippen molar-refractivity contribution in [3.63, 3.8) is 0 Å². The van der Waals surface area contributed by atoms with E-state index in [1.165, 1.54) is 0 Å². The molecule has 6 rings (SSSR count). The number of methoxy groups -OCH3 is 1. The van der Waals surface area contributed by atoms with E-state index in [4.69, 9.17) is 33.2 Å². The van der Waals surface area contributed by atoms with Gasteiger partial charge in [-0.1, -0.05) is 41.5 Å². The minimum atomic E-state index is -1.15. The van der Waals surface area contributed by atoms with Crippen LogP contribution in [-0.2, 0) is 38.0 Å². The topological polar surface area (TPSA) is 122 Å². The van der Waals surface area contributed by atoms with Crippen molar-refractivity contribution in [3.8, 4) is 0 Å². The smallest absolute Gasteiger partial charge is 0.308 e. The van der Waals surface area contributed by atoms with Crippen LogP contribution in [0.4, 0.5) is 0 Å². The molecule has 0 amide bonds. The third-order valence-electron chi connectivity index (χ3n) is 14.4. The van der Waals surface area contributed by atoms with Crippen LogP contribution in [0.15, 0.2) is 0 Å². The molecule has 10 heteroatoms. The Balaban J connectivity index is 1.13. The van der Waals surface area contributed by atoms with Crippen molar-refractivity contribution >= 4 is 5.97 Å². The summed E-state index contributed by atoms with van der Waals surface area (Å²) in [5, 5.41) is 20.6. The first kappa shape index (κ1) is 38.9. The van der Waals surface area contributed by atoms with Gasteiger partial charge in [-0.05, 0) is 90.4 Å². The van der Waals surface area contributed by atoms with Gasteiger partial charge in [0, 0.05) is 37.7 Å². The zero-order valence-corrected chi connectivity index (χ0v) is 32.7. The average Bonchev–Trinajstić information content (AvgIpc) is 3.72. The standard InChI is InChI=1S/C40H68O10/c1-21-12-13-28(45-33(21)26(6)36(41)42)18-29-19-30(44-11)27(7)40(47-29)25(5)20-38(9,50-40)32-14-15-37(8,48-32)35-23(3)17-31(46-35)34-22(2)16-24(4)39(10,43)49-34/h21-35,43H,12-20H2,1-11H3,(H,41,42)/t21-,22-,23-,24+,25-,26+,27+,28+,29+,30+,31+,32+,33+,34+,35+,37-,38-,39-,40+/m0/s1. The van der Waals surface area contributed by atoms with E-state index in [0.717, 1.165) is 51.4 Å². The molecule has 1 spiro atoms. The summed E-state index contributed by atoms with van der Waals surface area (Å²) in [6.07, 6.45) is 6.64. The number of ether oxygens (including phenoxy) is 7. The highest BCUT2D eigenvalue weighted by Gasteiger charge is 2.65. The molecular formula is C40H68O10. The fraction of sp³-hybridized carbons (Fsp3) is 0.975. The quantitative estimate of drug-likeness (QED) is 0.281. The highest BCUT2D eigenvalue weighted by molar-refractivity contribution is 5.70. The normalized spacial score (nSPS) is 55.0. The molecule has 0 aromatic heterocycles. The van der Waals surface area contributed by atoms with Crippen molar-refractivity contribution < 1.29 is 48.2 Å². The molecule has 2 N–H and O–H groups in total. The fourth-order valence-corrected chi connectivity index (χ4v) is 11.2. The van der Waals surface area contributed by atoms with Gasteiger partial charge in [-0.15, -0.1) is 0 Å². The molecule has 6 aliphatic rings. The Hall–Kier alpha value is -0.850. The summed E-state index contributed by atoms with van der Waals surface area (Å²) in [4.78, 5) is 11.8. The van der Waals surface area contributed by atoms with Gasteiger partial charge in [-0.25, -0.2) is 0 Å². The molecule has 6 heterocycles. The number of aliphatic hydroxyl groups is 1. The molecule has 0 bridgehead atoms. The maximum absolute atomic E-state index is 11.8. The third-order valence-corrected chi connectivity index (χ3v) is 14.4. The second-order valence-electron chi connectivity index (χ2n) is 18.4. The SMILES string of the molecule is CO[C@@H]1C[C@@H](C[C@H]2CC[C@H](C)[C@H]([C@@H](C)C(=O)O)O2)O[C@]2(O[C@](C)([C@H]3CC[C@@](C)([C@@H]4O[C@@H]([C@@H]5O[C@](C)(O)[C@H](C)C[C@@H]5C)C[C@@H]4C)O3)C[C@@H]2C)[C@@H]1C. The highest BCUT2D eigenvalue weighted by Crippen LogP contribution is 2.57. The van der Waals surface area contributed by atoms with Crippen LogP contribution in [-0.4, -0.2) is 94.9 Å². The first-order chi connectivity index (χ1) is 23.3. The number of hydrogen-bond acceptors (Lipinski definition) is 9. The van der Waals surface area contributed by atoms with Crippen molar-refractivity contribution in [2.24, 2.45) is 41.4 Å². The van der Waals surface area contributed by atoms with Crippen LogP contribution in [0, 0.1) is 41.4 Å². The van der Waals surface area contributed by atoms with Gasteiger partial charge in [0.2, 0.25) is 0 Å². The third kappa shape index (κ3) is 6.96. The highest BCUT2D eigenvalue weighted by atomic mass is 16.7. The molecule has 0 unspecified atom stereocenters. The number of carboxylic acid groups (broad SMARTS) is 1. The summed E-state index contributed by atoms with van der Waals surface area (Å²) in [6.45, 7) is 21.0. The number of aliphatic carboxylic acids is 1. The molecule has 0 aromatic carbocycles. The van der Waals surface area contributed by atoms with Gasteiger partial charge in [0.25, 0.3) is 0 Å². The Bertz CT molecular complexity index is 1210. The molecular weight excluding hydrogens is 640 g/mol. The van der Waals surface area contributed by atoms with E-state index < -0.39 is 34.7 Å². The monoisotopic (exact) mass is 708 g/mol. The van der Waals surface area contributed by atoms with Crippen molar-refractivity contribution in [1.82, 2.24) is 0 Å². The molecule has 6 saturated heterocycles.